The maximum atomic E-state index is 12.1. The second-order valence-corrected chi connectivity index (χ2v) is 7.94. The lowest BCUT2D eigenvalue weighted by Crippen LogP contribution is -2.24. The molecule has 6 heteroatoms. The van der Waals surface area contributed by atoms with Crippen LogP contribution in [0.2, 0.25) is 0 Å². The lowest BCUT2D eigenvalue weighted by atomic mass is 10.3. The molecular formula is C19H23NO4S. The molecule has 0 unspecified atom stereocenters. The Bertz CT molecular complexity index is 788. The highest BCUT2D eigenvalue weighted by atomic mass is 32.2. The molecule has 2 rings (SSSR count). The summed E-state index contributed by atoms with van der Waals surface area (Å²) in [5.41, 5.74) is 0.445. The molecule has 0 atom stereocenters. The number of benzene rings is 2. The number of ether oxygens (including phenoxy) is 1. The van der Waals surface area contributed by atoms with Crippen molar-refractivity contribution in [3.63, 3.8) is 0 Å². The summed E-state index contributed by atoms with van der Waals surface area (Å²) in [4.78, 5) is 12.1. The molecule has 0 saturated carbocycles. The van der Waals surface area contributed by atoms with Gasteiger partial charge in [0.15, 0.2) is 15.6 Å². The fraction of sp³-hybridized carbons (Fsp3) is 0.316. The van der Waals surface area contributed by atoms with Crippen molar-refractivity contribution in [2.24, 2.45) is 0 Å². The number of hydrogen-bond acceptors (Lipinski definition) is 4. The van der Waals surface area contributed by atoms with Gasteiger partial charge in [-0.3, -0.25) is 4.79 Å². The van der Waals surface area contributed by atoms with Gasteiger partial charge in [-0.05, 0) is 30.7 Å². The summed E-state index contributed by atoms with van der Waals surface area (Å²) in [6, 6.07) is 16.1. The molecule has 1 N–H and O–H groups in total. The number of para-hydroxylation sites is 3. The van der Waals surface area contributed by atoms with Crippen molar-refractivity contribution in [3.8, 4) is 11.5 Å². The fourth-order valence-electron chi connectivity index (χ4n) is 2.30. The van der Waals surface area contributed by atoms with Crippen LogP contribution in [0, 0.1) is 0 Å². The van der Waals surface area contributed by atoms with Crippen LogP contribution in [0.1, 0.15) is 26.2 Å². The smallest absolute Gasteiger partial charge is 0.239 e. The van der Waals surface area contributed by atoms with Crippen LogP contribution in [0.25, 0.3) is 0 Å². The molecule has 0 aliphatic rings. The van der Waals surface area contributed by atoms with Gasteiger partial charge in [0.25, 0.3) is 0 Å². The second kappa shape index (κ2) is 9.22. The van der Waals surface area contributed by atoms with Crippen LogP contribution in [0.4, 0.5) is 5.69 Å². The largest absolute Gasteiger partial charge is 0.455 e. The predicted molar refractivity (Wildman–Crippen MR) is 99.8 cm³/mol. The van der Waals surface area contributed by atoms with E-state index >= 15 is 0 Å². The molecule has 5 nitrogen and oxygen atoms in total. The Balaban J connectivity index is 2.01. The summed E-state index contributed by atoms with van der Waals surface area (Å²) in [5, 5.41) is 2.63. The van der Waals surface area contributed by atoms with E-state index in [1.54, 1.807) is 36.4 Å². The lowest BCUT2D eigenvalue weighted by Gasteiger charge is -2.12. The van der Waals surface area contributed by atoms with Gasteiger partial charge in [0.2, 0.25) is 5.91 Å². The third-order valence-electron chi connectivity index (χ3n) is 3.54. The molecular weight excluding hydrogens is 338 g/mol. The van der Waals surface area contributed by atoms with E-state index in [2.05, 4.69) is 5.32 Å². The molecule has 0 aliphatic carbocycles. The SMILES string of the molecule is CCCCCS(=O)(=O)CC(=O)Nc1ccccc1Oc1ccccc1. The van der Waals surface area contributed by atoms with Crippen molar-refractivity contribution < 1.29 is 17.9 Å². The minimum Gasteiger partial charge on any atom is -0.455 e. The highest BCUT2D eigenvalue weighted by Gasteiger charge is 2.17. The zero-order valence-corrected chi connectivity index (χ0v) is 15.1. The number of rotatable bonds is 9. The molecule has 0 aromatic heterocycles. The second-order valence-electron chi connectivity index (χ2n) is 5.76. The third kappa shape index (κ3) is 6.58. The Morgan fingerprint density at radius 2 is 1.68 bits per heavy atom. The number of sulfone groups is 1. The topological polar surface area (TPSA) is 72.5 Å². The Labute approximate surface area is 148 Å². The van der Waals surface area contributed by atoms with E-state index in [0.717, 1.165) is 12.8 Å². The molecule has 0 heterocycles. The number of unbranched alkanes of at least 4 members (excludes halogenated alkanes) is 2. The van der Waals surface area contributed by atoms with Crippen LogP contribution < -0.4 is 10.1 Å². The van der Waals surface area contributed by atoms with Gasteiger partial charge in [0.05, 0.1) is 11.4 Å². The quantitative estimate of drug-likeness (QED) is 0.685. The van der Waals surface area contributed by atoms with Crippen molar-refractivity contribution in [1.29, 1.82) is 0 Å². The molecule has 1 amide bonds. The van der Waals surface area contributed by atoms with E-state index in [1.165, 1.54) is 0 Å². The van der Waals surface area contributed by atoms with Gasteiger partial charge in [-0.15, -0.1) is 0 Å². The minimum atomic E-state index is -3.40. The predicted octanol–water partition coefficient (Wildman–Crippen LogP) is 4.02. The fourth-order valence-corrected chi connectivity index (χ4v) is 3.56. The Morgan fingerprint density at radius 1 is 1.00 bits per heavy atom. The molecule has 134 valence electrons. The standard InChI is InChI=1S/C19H23NO4S/c1-2-3-9-14-25(22,23)15-19(21)20-17-12-7-8-13-18(17)24-16-10-5-4-6-11-16/h4-8,10-13H,2-3,9,14-15H2,1H3,(H,20,21). The normalized spacial score (nSPS) is 11.1. The third-order valence-corrected chi connectivity index (χ3v) is 5.15. The molecule has 0 fully saturated rings. The molecule has 25 heavy (non-hydrogen) atoms. The highest BCUT2D eigenvalue weighted by Crippen LogP contribution is 2.29. The molecule has 2 aromatic rings. The van der Waals surface area contributed by atoms with Gasteiger partial charge >= 0.3 is 0 Å². The summed E-state index contributed by atoms with van der Waals surface area (Å²) in [6.45, 7) is 2.00. The average molecular weight is 361 g/mol. The first-order valence-corrected chi connectivity index (χ1v) is 10.1. The average Bonchev–Trinajstić information content (AvgIpc) is 2.57. The van der Waals surface area contributed by atoms with Crippen LogP contribution in [-0.4, -0.2) is 25.8 Å². The van der Waals surface area contributed by atoms with E-state index in [0.29, 0.717) is 23.6 Å². The van der Waals surface area contributed by atoms with E-state index < -0.39 is 21.5 Å². The number of nitrogens with one attached hydrogen (secondary N) is 1. The van der Waals surface area contributed by atoms with Gasteiger partial charge in [-0.1, -0.05) is 50.1 Å². The van der Waals surface area contributed by atoms with E-state index in [-0.39, 0.29) is 5.75 Å². The van der Waals surface area contributed by atoms with Crippen LogP contribution in [-0.2, 0) is 14.6 Å². The van der Waals surface area contributed by atoms with Gasteiger partial charge in [0.1, 0.15) is 11.5 Å². The Morgan fingerprint density at radius 3 is 2.40 bits per heavy atom. The summed E-state index contributed by atoms with van der Waals surface area (Å²) in [5.74, 6) is 0.0646. The highest BCUT2D eigenvalue weighted by molar-refractivity contribution is 7.92. The van der Waals surface area contributed by atoms with Crippen molar-refractivity contribution >= 4 is 21.4 Å². The van der Waals surface area contributed by atoms with E-state index in [4.69, 9.17) is 4.74 Å². The monoisotopic (exact) mass is 361 g/mol. The van der Waals surface area contributed by atoms with Crippen molar-refractivity contribution in [2.75, 3.05) is 16.8 Å². The summed E-state index contributed by atoms with van der Waals surface area (Å²) < 4.78 is 29.7. The van der Waals surface area contributed by atoms with Crippen LogP contribution in [0.5, 0.6) is 11.5 Å². The van der Waals surface area contributed by atoms with Crippen molar-refractivity contribution in [3.05, 3.63) is 54.6 Å². The molecule has 2 aromatic carbocycles. The summed E-state index contributed by atoms with van der Waals surface area (Å²) in [7, 11) is -3.40. The van der Waals surface area contributed by atoms with Crippen molar-refractivity contribution in [1.82, 2.24) is 0 Å². The first-order chi connectivity index (χ1) is 12.0. The van der Waals surface area contributed by atoms with E-state index in [9.17, 15) is 13.2 Å². The van der Waals surface area contributed by atoms with Crippen LogP contribution >= 0.6 is 0 Å². The molecule has 0 radical (unpaired) electrons. The van der Waals surface area contributed by atoms with E-state index in [1.807, 2.05) is 25.1 Å². The maximum Gasteiger partial charge on any atom is 0.239 e. The summed E-state index contributed by atoms with van der Waals surface area (Å²) in [6.07, 6.45) is 2.36. The van der Waals surface area contributed by atoms with Gasteiger partial charge in [-0.25, -0.2) is 8.42 Å². The number of anilines is 1. The molecule has 0 saturated heterocycles. The van der Waals surface area contributed by atoms with Gasteiger partial charge < -0.3 is 10.1 Å². The minimum absolute atomic E-state index is 0.0381. The lowest BCUT2D eigenvalue weighted by molar-refractivity contribution is -0.113. The van der Waals surface area contributed by atoms with Crippen LogP contribution in [0.3, 0.4) is 0 Å². The maximum absolute atomic E-state index is 12.1. The van der Waals surface area contributed by atoms with Gasteiger partial charge in [-0.2, -0.15) is 0 Å². The number of amides is 1. The molecule has 0 aliphatic heterocycles. The zero-order valence-electron chi connectivity index (χ0n) is 14.3. The molecule has 0 bridgehead atoms. The summed E-state index contributed by atoms with van der Waals surface area (Å²) >= 11 is 0. The number of hydrogen-bond donors (Lipinski definition) is 1. The number of carbonyl (C=O) groups excluding carboxylic acids is 1. The Kier molecular flexibility index (Phi) is 7.01. The van der Waals surface area contributed by atoms with Crippen LogP contribution in [0.15, 0.2) is 54.6 Å². The van der Waals surface area contributed by atoms with Gasteiger partial charge in [0, 0.05) is 0 Å². The van der Waals surface area contributed by atoms with Crippen molar-refractivity contribution in [2.45, 2.75) is 26.2 Å². The molecule has 0 spiro atoms. The zero-order chi connectivity index (χ0) is 18.1. The Hall–Kier alpha value is -2.34. The number of carbonyl (C=O) groups is 1. The first-order valence-electron chi connectivity index (χ1n) is 8.32. The first kappa shape index (κ1) is 19.0.